The van der Waals surface area contributed by atoms with Crippen LogP contribution < -0.4 is 4.74 Å². The highest BCUT2D eigenvalue weighted by Gasteiger charge is 2.40. The van der Waals surface area contributed by atoms with E-state index in [1.807, 2.05) is 12.1 Å². The van der Waals surface area contributed by atoms with Gasteiger partial charge >= 0.3 is 0 Å². The Hall–Kier alpha value is -1.39. The monoisotopic (exact) mass is 336 g/mol. The molecule has 0 heterocycles. The lowest BCUT2D eigenvalue weighted by molar-refractivity contribution is 0.0785. The first-order chi connectivity index (χ1) is 9.56. The van der Waals surface area contributed by atoms with Crippen molar-refractivity contribution in [2.45, 2.75) is 18.4 Å². The van der Waals surface area contributed by atoms with Crippen LogP contribution in [0.15, 0.2) is 40.9 Å². The third kappa shape index (κ3) is 1.95. The van der Waals surface area contributed by atoms with Gasteiger partial charge in [-0.15, -0.1) is 0 Å². The zero-order valence-electron chi connectivity index (χ0n) is 11.0. The molecule has 2 nitrogen and oxygen atoms in total. The van der Waals surface area contributed by atoms with Crippen LogP contribution in [0.2, 0.25) is 0 Å². The molecule has 0 saturated carbocycles. The fourth-order valence-electron chi connectivity index (χ4n) is 2.84. The number of aliphatic hydroxyl groups is 1. The molecule has 4 heteroatoms. The van der Waals surface area contributed by atoms with E-state index in [1.165, 1.54) is 0 Å². The Labute approximate surface area is 125 Å². The standard InChI is InChI=1S/C16H14BrFO2/c1-20-11-6-5-10-7-8-16(19,13(10)9-11)12-3-2-4-14(17)15(12)18/h2-6,9,19H,7-8H2,1H3. The van der Waals surface area contributed by atoms with Crippen molar-refractivity contribution < 1.29 is 14.2 Å². The summed E-state index contributed by atoms with van der Waals surface area (Å²) in [5, 5.41) is 11.0. The third-order valence-electron chi connectivity index (χ3n) is 3.92. The highest BCUT2D eigenvalue weighted by Crippen LogP contribution is 2.44. The predicted octanol–water partition coefficient (Wildman–Crippen LogP) is 3.78. The molecule has 0 amide bonds. The van der Waals surface area contributed by atoms with Gasteiger partial charge in [0.2, 0.25) is 0 Å². The summed E-state index contributed by atoms with van der Waals surface area (Å²) >= 11 is 3.17. The molecule has 1 atom stereocenters. The van der Waals surface area contributed by atoms with Crippen LogP contribution in [0.3, 0.4) is 0 Å². The average Bonchev–Trinajstić information content (AvgIpc) is 2.80. The molecule has 1 unspecified atom stereocenters. The topological polar surface area (TPSA) is 29.5 Å². The number of methoxy groups -OCH3 is 1. The lowest BCUT2D eigenvalue weighted by Gasteiger charge is -2.25. The Morgan fingerprint density at radius 2 is 2.05 bits per heavy atom. The normalized spacial score (nSPS) is 20.8. The third-order valence-corrected chi connectivity index (χ3v) is 4.53. The molecule has 3 rings (SSSR count). The molecule has 0 bridgehead atoms. The lowest BCUT2D eigenvalue weighted by Crippen LogP contribution is -2.25. The molecule has 0 fully saturated rings. The Bertz CT molecular complexity index is 672. The Kier molecular flexibility index (Phi) is 3.30. The maximum Gasteiger partial charge on any atom is 0.143 e. The van der Waals surface area contributed by atoms with Crippen molar-refractivity contribution in [3.05, 3.63) is 63.4 Å². The van der Waals surface area contributed by atoms with Gasteiger partial charge in [-0.1, -0.05) is 18.2 Å². The maximum absolute atomic E-state index is 14.3. The minimum atomic E-state index is -1.29. The van der Waals surface area contributed by atoms with E-state index in [0.29, 0.717) is 22.2 Å². The maximum atomic E-state index is 14.3. The molecular formula is C16H14BrFO2. The van der Waals surface area contributed by atoms with Crippen LogP contribution in [-0.4, -0.2) is 12.2 Å². The number of ether oxygens (including phenoxy) is 1. The molecule has 0 saturated heterocycles. The Morgan fingerprint density at radius 1 is 1.25 bits per heavy atom. The molecular weight excluding hydrogens is 323 g/mol. The molecule has 0 aliphatic heterocycles. The van der Waals surface area contributed by atoms with Gasteiger partial charge in [0.05, 0.1) is 11.6 Å². The Morgan fingerprint density at radius 3 is 2.80 bits per heavy atom. The van der Waals surface area contributed by atoms with E-state index in [2.05, 4.69) is 15.9 Å². The van der Waals surface area contributed by atoms with Crippen LogP contribution in [0.4, 0.5) is 4.39 Å². The number of fused-ring (bicyclic) bond motifs is 1. The van der Waals surface area contributed by atoms with Gasteiger partial charge in [-0.3, -0.25) is 0 Å². The first-order valence-corrected chi connectivity index (χ1v) is 7.20. The molecule has 2 aromatic rings. The number of rotatable bonds is 2. The Balaban J connectivity index is 2.19. The van der Waals surface area contributed by atoms with Gasteiger partial charge in [-0.05, 0) is 58.1 Å². The lowest BCUT2D eigenvalue weighted by atomic mass is 9.87. The first-order valence-electron chi connectivity index (χ1n) is 6.40. The van der Waals surface area contributed by atoms with Gasteiger partial charge < -0.3 is 9.84 Å². The highest BCUT2D eigenvalue weighted by atomic mass is 79.9. The first kappa shape index (κ1) is 13.6. The van der Waals surface area contributed by atoms with Crippen molar-refractivity contribution in [1.29, 1.82) is 0 Å². The molecule has 0 radical (unpaired) electrons. The fraction of sp³-hybridized carbons (Fsp3) is 0.250. The minimum Gasteiger partial charge on any atom is -0.497 e. The summed E-state index contributed by atoms with van der Waals surface area (Å²) in [6.07, 6.45) is 1.20. The second kappa shape index (κ2) is 4.86. The number of benzene rings is 2. The molecule has 104 valence electrons. The molecule has 20 heavy (non-hydrogen) atoms. The summed E-state index contributed by atoms with van der Waals surface area (Å²) in [7, 11) is 1.58. The molecule has 0 aromatic heterocycles. The van der Waals surface area contributed by atoms with E-state index in [4.69, 9.17) is 4.74 Å². The second-order valence-corrected chi connectivity index (χ2v) is 5.84. The van der Waals surface area contributed by atoms with Crippen molar-refractivity contribution in [2.75, 3.05) is 7.11 Å². The van der Waals surface area contributed by atoms with Crippen molar-refractivity contribution in [3.8, 4) is 5.75 Å². The fourth-order valence-corrected chi connectivity index (χ4v) is 3.20. The largest absolute Gasteiger partial charge is 0.497 e. The van der Waals surface area contributed by atoms with E-state index < -0.39 is 11.4 Å². The molecule has 1 N–H and O–H groups in total. The van der Waals surface area contributed by atoms with Gasteiger partial charge in [0, 0.05) is 5.56 Å². The van der Waals surface area contributed by atoms with Gasteiger partial charge in [0.25, 0.3) is 0 Å². The van der Waals surface area contributed by atoms with E-state index in [1.54, 1.807) is 31.4 Å². The van der Waals surface area contributed by atoms with Crippen molar-refractivity contribution in [1.82, 2.24) is 0 Å². The van der Waals surface area contributed by atoms with Crippen LogP contribution in [-0.2, 0) is 12.0 Å². The summed E-state index contributed by atoms with van der Waals surface area (Å²) in [4.78, 5) is 0. The average molecular weight is 337 g/mol. The van der Waals surface area contributed by atoms with Crippen molar-refractivity contribution in [2.24, 2.45) is 0 Å². The van der Waals surface area contributed by atoms with Crippen molar-refractivity contribution >= 4 is 15.9 Å². The molecule has 2 aromatic carbocycles. The molecule has 1 aliphatic rings. The van der Waals surface area contributed by atoms with Crippen molar-refractivity contribution in [3.63, 3.8) is 0 Å². The number of hydrogen-bond donors (Lipinski definition) is 1. The van der Waals surface area contributed by atoms with E-state index in [9.17, 15) is 9.50 Å². The van der Waals surface area contributed by atoms with Gasteiger partial charge in [0.15, 0.2) is 0 Å². The van der Waals surface area contributed by atoms with E-state index in [-0.39, 0.29) is 0 Å². The highest BCUT2D eigenvalue weighted by molar-refractivity contribution is 9.10. The number of aryl methyl sites for hydroxylation is 1. The van der Waals surface area contributed by atoms with Crippen LogP contribution in [0.25, 0.3) is 0 Å². The van der Waals surface area contributed by atoms with E-state index in [0.717, 1.165) is 17.5 Å². The molecule has 1 aliphatic carbocycles. The summed E-state index contributed by atoms with van der Waals surface area (Å²) in [6.45, 7) is 0. The quantitative estimate of drug-likeness (QED) is 0.904. The zero-order chi connectivity index (χ0) is 14.3. The number of halogens is 2. The summed E-state index contributed by atoms with van der Waals surface area (Å²) in [5.74, 6) is 0.255. The second-order valence-electron chi connectivity index (χ2n) is 4.98. The minimum absolute atomic E-state index is 0.305. The summed E-state index contributed by atoms with van der Waals surface area (Å²) < 4.78 is 19.9. The SMILES string of the molecule is COc1ccc2c(c1)C(O)(c1cccc(Br)c1F)CC2. The van der Waals surface area contributed by atoms with Crippen LogP contribution >= 0.6 is 15.9 Å². The van der Waals surface area contributed by atoms with Crippen LogP contribution in [0, 0.1) is 5.82 Å². The zero-order valence-corrected chi connectivity index (χ0v) is 12.6. The van der Waals surface area contributed by atoms with Crippen LogP contribution in [0.1, 0.15) is 23.1 Å². The predicted molar refractivity (Wildman–Crippen MR) is 78.4 cm³/mol. The van der Waals surface area contributed by atoms with Gasteiger partial charge in [0.1, 0.15) is 17.2 Å². The van der Waals surface area contributed by atoms with Gasteiger partial charge in [-0.25, -0.2) is 4.39 Å². The summed E-state index contributed by atoms with van der Waals surface area (Å²) in [5.41, 5.74) is 0.776. The number of hydrogen-bond acceptors (Lipinski definition) is 2. The van der Waals surface area contributed by atoms with Crippen LogP contribution in [0.5, 0.6) is 5.75 Å². The smallest absolute Gasteiger partial charge is 0.143 e. The molecule has 0 spiro atoms. The summed E-state index contributed by atoms with van der Waals surface area (Å²) in [6, 6.07) is 10.6. The van der Waals surface area contributed by atoms with Gasteiger partial charge in [-0.2, -0.15) is 0 Å². The van der Waals surface area contributed by atoms with E-state index >= 15 is 0 Å².